The standard InChI is InChI=1S/C21H22N4O4/c1-4-29-20-12-15(14-22-25(20)16-8-6-5-7-9-16)23-21(26)24-18-13-17(27-2)10-11-19(18)28-3/h5-14H,4H2,1-3H3,(H,24,26). The van der Waals surface area contributed by atoms with Crippen LogP contribution in [-0.2, 0) is 0 Å². The second-order valence-corrected chi connectivity index (χ2v) is 5.84. The number of nitrogens with zero attached hydrogens (tertiary/aromatic N) is 3. The largest absolute Gasteiger partial charge is 0.497 e. The van der Waals surface area contributed by atoms with Crippen LogP contribution in [0.4, 0.5) is 10.5 Å². The summed E-state index contributed by atoms with van der Waals surface area (Å²) in [4.78, 5) is 16.5. The topological polar surface area (TPSA) is 87.0 Å². The number of amides is 2. The van der Waals surface area contributed by atoms with Crippen LogP contribution in [0.1, 0.15) is 6.92 Å². The van der Waals surface area contributed by atoms with E-state index in [1.54, 1.807) is 36.1 Å². The second kappa shape index (κ2) is 9.41. The maximum atomic E-state index is 12.4. The van der Waals surface area contributed by atoms with Crippen LogP contribution in [-0.4, -0.2) is 36.6 Å². The number of carbonyl (C=O) groups excluding carboxylic acids is 1. The van der Waals surface area contributed by atoms with Gasteiger partial charge in [-0.05, 0) is 31.2 Å². The summed E-state index contributed by atoms with van der Waals surface area (Å²) in [5.41, 5.74) is 1.29. The van der Waals surface area contributed by atoms with E-state index in [0.717, 1.165) is 5.69 Å². The summed E-state index contributed by atoms with van der Waals surface area (Å²) in [7, 11) is 3.07. The molecule has 0 unspecified atom stereocenters. The van der Waals surface area contributed by atoms with E-state index in [-0.39, 0.29) is 0 Å². The Morgan fingerprint density at radius 2 is 1.90 bits per heavy atom. The minimum atomic E-state index is -0.571. The lowest BCUT2D eigenvalue weighted by Gasteiger charge is -2.12. The third-order valence-electron chi connectivity index (χ3n) is 3.96. The molecule has 1 N–H and O–H groups in total. The molecule has 0 spiro atoms. The van der Waals surface area contributed by atoms with Gasteiger partial charge in [-0.3, -0.25) is 0 Å². The molecule has 29 heavy (non-hydrogen) atoms. The van der Waals surface area contributed by atoms with Crippen molar-refractivity contribution in [3.63, 3.8) is 0 Å². The van der Waals surface area contributed by atoms with Crippen LogP contribution in [0.15, 0.2) is 65.8 Å². The first-order chi connectivity index (χ1) is 14.1. The summed E-state index contributed by atoms with van der Waals surface area (Å²) in [6.07, 6.45) is 1.50. The van der Waals surface area contributed by atoms with Gasteiger partial charge in [0.25, 0.3) is 0 Å². The quantitative estimate of drug-likeness (QED) is 0.692. The number of rotatable bonds is 6. The zero-order valence-corrected chi connectivity index (χ0v) is 16.5. The molecule has 0 radical (unpaired) electrons. The molecule has 0 aliphatic carbocycles. The molecule has 0 atom stereocenters. The maximum absolute atomic E-state index is 12.4. The fourth-order valence-electron chi connectivity index (χ4n) is 2.65. The molecule has 0 aliphatic heterocycles. The minimum absolute atomic E-state index is 0.361. The third-order valence-corrected chi connectivity index (χ3v) is 3.96. The van der Waals surface area contributed by atoms with E-state index in [4.69, 9.17) is 14.2 Å². The Balaban J connectivity index is 1.90. The van der Waals surface area contributed by atoms with Gasteiger partial charge < -0.3 is 19.5 Å². The number of benzene rings is 2. The minimum Gasteiger partial charge on any atom is -0.497 e. The molecule has 3 rings (SSSR count). The number of aromatic nitrogens is 2. The Morgan fingerprint density at radius 1 is 1.10 bits per heavy atom. The first-order valence-corrected chi connectivity index (χ1v) is 9.00. The number of urea groups is 1. The van der Waals surface area contributed by atoms with Gasteiger partial charge in [-0.1, -0.05) is 18.2 Å². The Hall–Kier alpha value is -3.81. The Kier molecular flexibility index (Phi) is 6.47. The molecule has 2 amide bonds. The number of anilines is 1. The average molecular weight is 394 g/mol. The van der Waals surface area contributed by atoms with Gasteiger partial charge in [0.05, 0.1) is 43.8 Å². The molecule has 1 aromatic heterocycles. The first-order valence-electron chi connectivity index (χ1n) is 9.00. The van der Waals surface area contributed by atoms with Crippen molar-refractivity contribution in [2.24, 2.45) is 4.99 Å². The van der Waals surface area contributed by atoms with E-state index in [1.165, 1.54) is 13.3 Å². The lowest BCUT2D eigenvalue weighted by Crippen LogP contribution is -2.17. The number of carbonyl (C=O) groups is 1. The lowest BCUT2D eigenvalue weighted by atomic mass is 10.2. The molecule has 8 nitrogen and oxygen atoms in total. The van der Waals surface area contributed by atoms with E-state index in [2.05, 4.69) is 15.4 Å². The average Bonchev–Trinajstić information content (AvgIpc) is 2.74. The molecule has 3 aromatic rings. The smallest absolute Gasteiger partial charge is 0.346 e. The van der Waals surface area contributed by atoms with Gasteiger partial charge in [0, 0.05) is 12.1 Å². The van der Waals surface area contributed by atoms with Gasteiger partial charge in [0.1, 0.15) is 11.5 Å². The molecule has 8 heteroatoms. The number of para-hydroxylation sites is 1. The Morgan fingerprint density at radius 3 is 2.59 bits per heavy atom. The van der Waals surface area contributed by atoms with Crippen molar-refractivity contribution in [1.29, 1.82) is 0 Å². The number of methoxy groups -OCH3 is 2. The molecular formula is C21H22N4O4. The number of nitrogens with one attached hydrogen (secondary N) is 1. The predicted molar refractivity (Wildman–Crippen MR) is 109 cm³/mol. The van der Waals surface area contributed by atoms with Crippen LogP contribution >= 0.6 is 0 Å². The van der Waals surface area contributed by atoms with Gasteiger partial charge in [0.2, 0.25) is 5.88 Å². The zero-order valence-electron chi connectivity index (χ0n) is 16.5. The fourth-order valence-corrected chi connectivity index (χ4v) is 2.65. The van der Waals surface area contributed by atoms with Crippen LogP contribution in [0.2, 0.25) is 0 Å². The molecule has 1 heterocycles. The predicted octanol–water partition coefficient (Wildman–Crippen LogP) is 3.42. The third kappa shape index (κ3) is 4.92. The molecule has 0 bridgehead atoms. The van der Waals surface area contributed by atoms with Crippen molar-refractivity contribution in [1.82, 2.24) is 9.78 Å². The fraction of sp³-hybridized carbons (Fsp3) is 0.190. The molecule has 0 fully saturated rings. The van der Waals surface area contributed by atoms with Crippen molar-refractivity contribution in [3.8, 4) is 23.1 Å². The highest BCUT2D eigenvalue weighted by molar-refractivity contribution is 5.91. The van der Waals surface area contributed by atoms with E-state index >= 15 is 0 Å². The summed E-state index contributed by atoms with van der Waals surface area (Å²) >= 11 is 0. The molecule has 0 saturated heterocycles. The summed E-state index contributed by atoms with van der Waals surface area (Å²) in [6, 6.07) is 15.8. The maximum Gasteiger partial charge on any atom is 0.346 e. The number of ether oxygens (including phenoxy) is 3. The highest BCUT2D eigenvalue weighted by Gasteiger charge is 2.09. The van der Waals surface area contributed by atoms with Gasteiger partial charge in [-0.15, -0.1) is 0 Å². The number of hydrogen-bond donors (Lipinski definition) is 1. The summed E-state index contributed by atoms with van der Waals surface area (Å²) < 4.78 is 17.8. The highest BCUT2D eigenvalue weighted by atomic mass is 16.5. The Labute approximate surface area is 168 Å². The Bertz CT molecular complexity index is 1050. The highest BCUT2D eigenvalue weighted by Crippen LogP contribution is 2.28. The van der Waals surface area contributed by atoms with Crippen LogP contribution < -0.4 is 24.9 Å². The summed E-state index contributed by atoms with van der Waals surface area (Å²) in [6.45, 7) is 2.33. The van der Waals surface area contributed by atoms with Gasteiger partial charge in [-0.25, -0.2) is 9.48 Å². The lowest BCUT2D eigenvalue weighted by molar-refractivity contribution is 0.258. The van der Waals surface area contributed by atoms with Crippen molar-refractivity contribution in [2.75, 3.05) is 26.1 Å². The summed E-state index contributed by atoms with van der Waals surface area (Å²) in [5, 5.41) is 7.42. The van der Waals surface area contributed by atoms with Crippen molar-refractivity contribution in [2.45, 2.75) is 6.92 Å². The first kappa shape index (κ1) is 19.9. The van der Waals surface area contributed by atoms with Crippen LogP contribution in [0.3, 0.4) is 0 Å². The van der Waals surface area contributed by atoms with E-state index in [9.17, 15) is 4.79 Å². The van der Waals surface area contributed by atoms with Crippen molar-refractivity contribution in [3.05, 3.63) is 66.2 Å². The zero-order chi connectivity index (χ0) is 20.6. The van der Waals surface area contributed by atoms with Gasteiger partial charge in [-0.2, -0.15) is 10.1 Å². The molecule has 0 aliphatic rings. The van der Waals surface area contributed by atoms with Crippen LogP contribution in [0.5, 0.6) is 17.4 Å². The molecule has 0 saturated carbocycles. The van der Waals surface area contributed by atoms with Crippen molar-refractivity contribution >= 4 is 11.7 Å². The summed E-state index contributed by atoms with van der Waals surface area (Å²) in [5.74, 6) is 1.56. The van der Waals surface area contributed by atoms with Gasteiger partial charge >= 0.3 is 6.03 Å². The van der Waals surface area contributed by atoms with Crippen LogP contribution in [0, 0.1) is 0 Å². The SMILES string of the molecule is CCOc1cc(=NC(=O)Nc2cc(OC)ccc2OC)cnn1-c1ccccc1. The van der Waals surface area contributed by atoms with Gasteiger partial charge in [0.15, 0.2) is 0 Å². The second-order valence-electron chi connectivity index (χ2n) is 5.84. The molecular weight excluding hydrogens is 372 g/mol. The van der Waals surface area contributed by atoms with Crippen molar-refractivity contribution < 1.29 is 19.0 Å². The molecule has 150 valence electrons. The van der Waals surface area contributed by atoms with E-state index in [0.29, 0.717) is 35.0 Å². The van der Waals surface area contributed by atoms with E-state index in [1.807, 2.05) is 37.3 Å². The molecule has 2 aromatic carbocycles. The normalized spacial score (nSPS) is 11.1. The number of hydrogen-bond acceptors (Lipinski definition) is 5. The monoisotopic (exact) mass is 394 g/mol. The van der Waals surface area contributed by atoms with E-state index < -0.39 is 6.03 Å². The van der Waals surface area contributed by atoms with Crippen LogP contribution in [0.25, 0.3) is 5.69 Å².